The number of nitro groups is 1. The van der Waals surface area contributed by atoms with E-state index in [0.29, 0.717) is 17.0 Å². The van der Waals surface area contributed by atoms with Crippen LogP contribution in [-0.2, 0) is 11.3 Å². The topological polar surface area (TPSA) is 117 Å². The molecule has 0 fully saturated rings. The molecule has 0 bridgehead atoms. The average molecular weight is 343 g/mol. The van der Waals surface area contributed by atoms with Gasteiger partial charge in [-0.05, 0) is 18.2 Å². The Morgan fingerprint density at radius 1 is 1.32 bits per heavy atom. The van der Waals surface area contributed by atoms with Crippen LogP contribution in [0.15, 0.2) is 51.7 Å². The molecule has 0 saturated heterocycles. The minimum atomic E-state index is -0.773. The summed E-state index contributed by atoms with van der Waals surface area (Å²) in [6.45, 7) is -0.304. The first kappa shape index (κ1) is 16.2. The number of nitrogens with one attached hydrogen (secondary N) is 1. The van der Waals surface area contributed by atoms with E-state index in [0.717, 1.165) is 10.6 Å². The zero-order chi connectivity index (χ0) is 18.0. The number of nitrogens with zero attached hydrogens (tertiary/aromatic N) is 2. The van der Waals surface area contributed by atoms with E-state index in [1.54, 1.807) is 24.3 Å². The number of methoxy groups -OCH3 is 1. The van der Waals surface area contributed by atoms with Gasteiger partial charge in [-0.1, -0.05) is 12.1 Å². The van der Waals surface area contributed by atoms with E-state index in [4.69, 9.17) is 9.15 Å². The maximum atomic E-state index is 12.2. The third kappa shape index (κ3) is 3.20. The molecule has 0 saturated carbocycles. The largest absolute Gasteiger partial charge is 0.495 e. The molecule has 0 spiro atoms. The molecule has 2 aromatic carbocycles. The summed E-state index contributed by atoms with van der Waals surface area (Å²) in [5, 5.41) is 13.4. The van der Waals surface area contributed by atoms with E-state index in [1.807, 2.05) is 0 Å². The Bertz CT molecular complexity index is 1020. The monoisotopic (exact) mass is 343 g/mol. The lowest BCUT2D eigenvalue weighted by Crippen LogP contribution is -2.24. The van der Waals surface area contributed by atoms with Crippen LogP contribution in [0.5, 0.6) is 5.75 Å². The number of anilines is 1. The predicted octanol–water partition coefficient (Wildman–Crippen LogP) is 2.15. The van der Waals surface area contributed by atoms with Gasteiger partial charge in [0.1, 0.15) is 12.3 Å². The lowest BCUT2D eigenvalue weighted by atomic mass is 10.3. The summed E-state index contributed by atoms with van der Waals surface area (Å²) in [7, 11) is 1.48. The van der Waals surface area contributed by atoms with Gasteiger partial charge >= 0.3 is 5.76 Å². The average Bonchev–Trinajstić information content (AvgIpc) is 2.90. The second-order valence-electron chi connectivity index (χ2n) is 5.11. The first-order valence-electron chi connectivity index (χ1n) is 7.20. The number of ether oxygens (including phenoxy) is 1. The summed E-state index contributed by atoms with van der Waals surface area (Å²) in [5.41, 5.74) is 0.605. The SMILES string of the molecule is COc1ccccc1NC(=O)Cn1c(=O)oc2cc([N+](=O)[O-])ccc21. The molecule has 3 aromatic rings. The standard InChI is InChI=1S/C16H13N3O6/c1-24-13-5-3-2-4-11(13)17-15(20)9-18-12-7-6-10(19(22)23)8-14(12)25-16(18)21/h2-8H,9H2,1H3,(H,17,20). The highest BCUT2D eigenvalue weighted by Crippen LogP contribution is 2.23. The molecule has 0 aliphatic rings. The van der Waals surface area contributed by atoms with Gasteiger partial charge in [0.25, 0.3) is 5.69 Å². The highest BCUT2D eigenvalue weighted by Gasteiger charge is 2.16. The van der Waals surface area contributed by atoms with Crippen LogP contribution >= 0.6 is 0 Å². The van der Waals surface area contributed by atoms with E-state index in [1.165, 1.54) is 19.2 Å². The van der Waals surface area contributed by atoms with Crippen molar-refractivity contribution in [1.82, 2.24) is 4.57 Å². The zero-order valence-electron chi connectivity index (χ0n) is 13.1. The fraction of sp³-hybridized carbons (Fsp3) is 0.125. The molecule has 0 unspecified atom stereocenters. The number of nitro benzene ring substituents is 1. The van der Waals surface area contributed by atoms with Crippen LogP contribution in [0.25, 0.3) is 11.1 Å². The number of para-hydroxylation sites is 2. The fourth-order valence-electron chi connectivity index (χ4n) is 2.40. The Morgan fingerprint density at radius 3 is 2.80 bits per heavy atom. The molecule has 0 atom stereocenters. The van der Waals surface area contributed by atoms with Gasteiger partial charge in [0, 0.05) is 6.07 Å². The number of fused-ring (bicyclic) bond motifs is 1. The molecule has 25 heavy (non-hydrogen) atoms. The summed E-state index contributed by atoms with van der Waals surface area (Å²) < 4.78 is 11.2. The lowest BCUT2D eigenvalue weighted by molar-refractivity contribution is -0.384. The maximum absolute atomic E-state index is 12.2. The zero-order valence-corrected chi connectivity index (χ0v) is 13.1. The summed E-state index contributed by atoms with van der Waals surface area (Å²) in [6.07, 6.45) is 0. The third-order valence-electron chi connectivity index (χ3n) is 3.55. The van der Waals surface area contributed by atoms with Crippen LogP contribution < -0.4 is 15.8 Å². The maximum Gasteiger partial charge on any atom is 0.420 e. The lowest BCUT2D eigenvalue weighted by Gasteiger charge is -2.09. The van der Waals surface area contributed by atoms with Gasteiger partial charge in [-0.2, -0.15) is 0 Å². The van der Waals surface area contributed by atoms with Crippen molar-refractivity contribution in [2.45, 2.75) is 6.54 Å². The molecular weight excluding hydrogens is 330 g/mol. The first-order chi connectivity index (χ1) is 12.0. The molecule has 1 aromatic heterocycles. The number of rotatable bonds is 5. The Balaban J connectivity index is 1.87. The van der Waals surface area contributed by atoms with E-state index in [-0.39, 0.29) is 17.8 Å². The molecule has 3 rings (SSSR count). The number of amides is 1. The summed E-state index contributed by atoms with van der Waals surface area (Å²) in [6, 6.07) is 10.6. The normalized spacial score (nSPS) is 10.6. The van der Waals surface area contributed by atoms with Crippen LogP contribution in [0.3, 0.4) is 0 Å². The van der Waals surface area contributed by atoms with Gasteiger partial charge in [0.2, 0.25) is 5.91 Å². The van der Waals surface area contributed by atoms with Crippen LogP contribution in [-0.4, -0.2) is 22.5 Å². The smallest absolute Gasteiger partial charge is 0.420 e. The van der Waals surface area contributed by atoms with Gasteiger partial charge in [0.15, 0.2) is 5.58 Å². The number of aromatic nitrogens is 1. The van der Waals surface area contributed by atoms with Gasteiger partial charge in [-0.15, -0.1) is 0 Å². The van der Waals surface area contributed by atoms with E-state index in [2.05, 4.69) is 5.32 Å². The van der Waals surface area contributed by atoms with Crippen LogP contribution in [0.1, 0.15) is 0 Å². The molecule has 128 valence electrons. The van der Waals surface area contributed by atoms with Crippen LogP contribution in [0, 0.1) is 10.1 Å². The Kier molecular flexibility index (Phi) is 4.21. The Hall–Kier alpha value is -3.62. The molecule has 9 heteroatoms. The number of benzene rings is 2. The van der Waals surface area contributed by atoms with Crippen molar-refractivity contribution in [2.24, 2.45) is 0 Å². The summed E-state index contributed by atoms with van der Waals surface area (Å²) in [5.74, 6) is -0.755. The van der Waals surface area contributed by atoms with Gasteiger partial charge in [-0.25, -0.2) is 4.79 Å². The first-order valence-corrected chi connectivity index (χ1v) is 7.20. The van der Waals surface area contributed by atoms with E-state index >= 15 is 0 Å². The minimum Gasteiger partial charge on any atom is -0.495 e. The van der Waals surface area contributed by atoms with Crippen molar-refractivity contribution in [3.63, 3.8) is 0 Å². The number of carbonyl (C=O) groups excluding carboxylic acids is 1. The van der Waals surface area contributed by atoms with Crippen molar-refractivity contribution < 1.29 is 18.9 Å². The fourth-order valence-corrected chi connectivity index (χ4v) is 2.40. The highest BCUT2D eigenvalue weighted by atomic mass is 16.6. The van der Waals surface area contributed by atoms with Gasteiger partial charge in [-0.3, -0.25) is 19.5 Å². The van der Waals surface area contributed by atoms with Crippen molar-refractivity contribution >= 4 is 28.4 Å². The number of carbonyl (C=O) groups is 1. The third-order valence-corrected chi connectivity index (χ3v) is 3.55. The van der Waals surface area contributed by atoms with Gasteiger partial charge in [0.05, 0.1) is 29.3 Å². The molecule has 1 heterocycles. The second kappa shape index (κ2) is 6.48. The van der Waals surface area contributed by atoms with Crippen molar-refractivity contribution in [3.8, 4) is 5.75 Å². The molecule has 1 amide bonds. The van der Waals surface area contributed by atoms with E-state index in [9.17, 15) is 19.7 Å². The Morgan fingerprint density at radius 2 is 2.08 bits per heavy atom. The number of oxazole rings is 1. The molecule has 1 N–H and O–H groups in total. The number of non-ortho nitro benzene ring substituents is 1. The van der Waals surface area contributed by atoms with Crippen molar-refractivity contribution in [2.75, 3.05) is 12.4 Å². The highest BCUT2D eigenvalue weighted by molar-refractivity contribution is 5.93. The molecule has 0 radical (unpaired) electrons. The van der Waals surface area contributed by atoms with E-state index < -0.39 is 16.6 Å². The number of hydrogen-bond donors (Lipinski definition) is 1. The van der Waals surface area contributed by atoms with Gasteiger partial charge < -0.3 is 14.5 Å². The molecule has 0 aliphatic carbocycles. The van der Waals surface area contributed by atoms with Crippen molar-refractivity contribution in [3.05, 3.63) is 63.1 Å². The number of hydrogen-bond acceptors (Lipinski definition) is 6. The summed E-state index contributed by atoms with van der Waals surface area (Å²) >= 11 is 0. The summed E-state index contributed by atoms with van der Waals surface area (Å²) in [4.78, 5) is 34.4. The minimum absolute atomic E-state index is 0.0456. The Labute approximate surface area is 140 Å². The molecular formula is C16H13N3O6. The molecule has 9 nitrogen and oxygen atoms in total. The quantitative estimate of drug-likeness (QED) is 0.560. The molecule has 0 aliphatic heterocycles. The van der Waals surface area contributed by atoms with Crippen molar-refractivity contribution in [1.29, 1.82) is 0 Å². The van der Waals surface area contributed by atoms with Crippen LogP contribution in [0.2, 0.25) is 0 Å². The second-order valence-corrected chi connectivity index (χ2v) is 5.11. The van der Waals surface area contributed by atoms with Crippen LogP contribution in [0.4, 0.5) is 11.4 Å². The predicted molar refractivity (Wildman–Crippen MR) is 88.8 cm³/mol.